The molecule has 0 atom stereocenters. The fourth-order valence-corrected chi connectivity index (χ4v) is 4.89. The number of anilines is 1. The highest BCUT2D eigenvalue weighted by Crippen LogP contribution is 2.37. The summed E-state index contributed by atoms with van der Waals surface area (Å²) in [6, 6.07) is 16.5. The van der Waals surface area contributed by atoms with Gasteiger partial charge in [-0.05, 0) is 35.2 Å². The number of benzene rings is 2. The van der Waals surface area contributed by atoms with E-state index in [0.29, 0.717) is 26.0 Å². The molecule has 0 aliphatic carbocycles. The molecule has 0 saturated carbocycles. The maximum absolute atomic E-state index is 12.7. The van der Waals surface area contributed by atoms with Crippen molar-refractivity contribution >= 4 is 61.2 Å². The normalized spacial score (nSPS) is 10.9. The van der Waals surface area contributed by atoms with E-state index in [4.69, 9.17) is 11.6 Å². The van der Waals surface area contributed by atoms with Crippen molar-refractivity contribution < 1.29 is 14.7 Å². The molecule has 2 aromatic heterocycles. The molecule has 134 valence electrons. The number of hydrogen-bond donors (Lipinski definition) is 2. The lowest BCUT2D eigenvalue weighted by Crippen LogP contribution is -2.12. The molecule has 1 amide bonds. The Bertz CT molecular complexity index is 1150. The Morgan fingerprint density at radius 1 is 1.04 bits per heavy atom. The lowest BCUT2D eigenvalue weighted by Gasteiger charge is -2.05. The van der Waals surface area contributed by atoms with Gasteiger partial charge in [0.05, 0.1) is 4.88 Å². The fraction of sp³-hybridized carbons (Fsp3) is 0. The molecule has 0 bridgehead atoms. The maximum atomic E-state index is 12.7. The molecule has 2 N–H and O–H groups in total. The van der Waals surface area contributed by atoms with Crippen molar-refractivity contribution in [1.29, 1.82) is 0 Å². The van der Waals surface area contributed by atoms with E-state index in [1.165, 1.54) is 22.7 Å². The first-order valence-corrected chi connectivity index (χ1v) is 10.0. The first-order chi connectivity index (χ1) is 13.0. The number of thiophene rings is 2. The van der Waals surface area contributed by atoms with Crippen molar-refractivity contribution in [3.05, 3.63) is 75.4 Å². The van der Waals surface area contributed by atoms with Gasteiger partial charge in [-0.2, -0.15) is 0 Å². The third kappa shape index (κ3) is 3.47. The van der Waals surface area contributed by atoms with Crippen molar-refractivity contribution in [3.63, 3.8) is 0 Å². The van der Waals surface area contributed by atoms with Gasteiger partial charge in [0.2, 0.25) is 0 Å². The number of nitrogens with one attached hydrogen (secondary N) is 1. The summed E-state index contributed by atoms with van der Waals surface area (Å²) in [7, 11) is 0. The minimum atomic E-state index is -1.10. The van der Waals surface area contributed by atoms with Gasteiger partial charge in [0.15, 0.2) is 0 Å². The monoisotopic (exact) mass is 413 g/mol. The van der Waals surface area contributed by atoms with E-state index in [9.17, 15) is 14.7 Å². The largest absolute Gasteiger partial charge is 0.478 e. The average Bonchev–Trinajstić information content (AvgIpc) is 3.25. The number of hydrogen-bond acceptors (Lipinski definition) is 4. The molecule has 2 heterocycles. The van der Waals surface area contributed by atoms with Gasteiger partial charge in [-0.15, -0.1) is 22.7 Å². The number of carboxylic acid groups (broad SMARTS) is 1. The van der Waals surface area contributed by atoms with Crippen molar-refractivity contribution in [1.82, 2.24) is 0 Å². The number of halogens is 1. The van der Waals surface area contributed by atoms with Crippen LogP contribution in [-0.2, 0) is 0 Å². The molecule has 4 nitrogen and oxygen atoms in total. The van der Waals surface area contributed by atoms with Crippen LogP contribution in [0.1, 0.15) is 20.0 Å². The lowest BCUT2D eigenvalue weighted by molar-refractivity contribution is 0.0699. The van der Waals surface area contributed by atoms with E-state index in [1.807, 2.05) is 24.3 Å². The molecule has 0 spiro atoms. The standard InChI is InChI=1S/C20H12ClNO3S2/c21-13-6-3-5-11(8-13)14-10-26-19(17(14)20(24)25)22-18(23)16-9-12-4-1-2-7-15(12)27-16/h1-10H,(H,22,23)(H,24,25). The highest BCUT2D eigenvalue weighted by molar-refractivity contribution is 7.21. The smallest absolute Gasteiger partial charge is 0.339 e. The van der Waals surface area contributed by atoms with Crippen LogP contribution in [0.5, 0.6) is 0 Å². The predicted octanol–water partition coefficient (Wildman–Crippen LogP) is 6.23. The molecular weight excluding hydrogens is 402 g/mol. The van der Waals surface area contributed by atoms with Gasteiger partial charge in [0.1, 0.15) is 10.6 Å². The molecule has 0 unspecified atom stereocenters. The van der Waals surface area contributed by atoms with E-state index >= 15 is 0 Å². The van der Waals surface area contributed by atoms with Crippen LogP contribution in [0.3, 0.4) is 0 Å². The minimum absolute atomic E-state index is 0.0664. The summed E-state index contributed by atoms with van der Waals surface area (Å²) in [5.41, 5.74) is 1.29. The Morgan fingerprint density at radius 3 is 2.59 bits per heavy atom. The molecule has 7 heteroatoms. The number of aromatic carboxylic acids is 1. The second kappa shape index (κ2) is 7.15. The van der Waals surface area contributed by atoms with Gasteiger partial charge in [-0.3, -0.25) is 4.79 Å². The molecule has 2 aromatic carbocycles. The van der Waals surface area contributed by atoms with Crippen LogP contribution in [-0.4, -0.2) is 17.0 Å². The highest BCUT2D eigenvalue weighted by atomic mass is 35.5. The van der Waals surface area contributed by atoms with Crippen LogP contribution in [0, 0.1) is 0 Å². The molecule has 0 aliphatic rings. The first kappa shape index (κ1) is 17.7. The minimum Gasteiger partial charge on any atom is -0.478 e. The van der Waals surface area contributed by atoms with E-state index in [1.54, 1.807) is 35.7 Å². The van der Waals surface area contributed by atoms with Crippen LogP contribution in [0.15, 0.2) is 60.0 Å². The van der Waals surface area contributed by atoms with Gasteiger partial charge >= 0.3 is 5.97 Å². The van der Waals surface area contributed by atoms with Crippen LogP contribution < -0.4 is 5.32 Å². The zero-order valence-corrected chi connectivity index (χ0v) is 16.1. The number of carboxylic acids is 1. The number of carbonyl (C=O) groups is 2. The highest BCUT2D eigenvalue weighted by Gasteiger charge is 2.22. The number of rotatable bonds is 4. The lowest BCUT2D eigenvalue weighted by atomic mass is 10.0. The Labute approximate surface area is 167 Å². The van der Waals surface area contributed by atoms with Crippen molar-refractivity contribution in [2.75, 3.05) is 5.32 Å². The number of amides is 1. The Hall–Kier alpha value is -2.67. The third-order valence-corrected chi connectivity index (χ3v) is 6.26. The zero-order valence-electron chi connectivity index (χ0n) is 13.7. The Balaban J connectivity index is 1.69. The van der Waals surface area contributed by atoms with Crippen LogP contribution in [0.4, 0.5) is 5.00 Å². The Kier molecular flexibility index (Phi) is 4.70. The van der Waals surface area contributed by atoms with Crippen molar-refractivity contribution in [2.24, 2.45) is 0 Å². The van der Waals surface area contributed by atoms with E-state index < -0.39 is 5.97 Å². The van der Waals surface area contributed by atoms with Gasteiger partial charge in [-0.25, -0.2) is 4.79 Å². The SMILES string of the molecule is O=C(Nc1scc(-c2cccc(Cl)c2)c1C(=O)O)c1cc2ccccc2s1. The summed E-state index contributed by atoms with van der Waals surface area (Å²) >= 11 is 8.58. The molecule has 0 saturated heterocycles. The third-order valence-electron chi connectivity index (χ3n) is 4.02. The van der Waals surface area contributed by atoms with Gasteiger partial charge in [-0.1, -0.05) is 41.9 Å². The molecule has 4 aromatic rings. The van der Waals surface area contributed by atoms with Gasteiger partial charge in [0.25, 0.3) is 5.91 Å². The number of carbonyl (C=O) groups excluding carboxylic acids is 1. The summed E-state index contributed by atoms with van der Waals surface area (Å²) in [4.78, 5) is 25.0. The van der Waals surface area contributed by atoms with E-state index in [0.717, 1.165) is 10.1 Å². The molecular formula is C20H12ClNO3S2. The Morgan fingerprint density at radius 2 is 1.85 bits per heavy atom. The van der Waals surface area contributed by atoms with Crippen LogP contribution in [0.2, 0.25) is 5.02 Å². The van der Waals surface area contributed by atoms with Crippen LogP contribution >= 0.6 is 34.3 Å². The summed E-state index contributed by atoms with van der Waals surface area (Å²) in [5.74, 6) is -1.42. The van der Waals surface area contributed by atoms with Gasteiger partial charge in [0, 0.05) is 20.7 Å². The first-order valence-electron chi connectivity index (χ1n) is 7.93. The molecule has 0 radical (unpaired) electrons. The van der Waals surface area contributed by atoms with Gasteiger partial charge < -0.3 is 10.4 Å². The molecule has 0 aliphatic heterocycles. The molecule has 27 heavy (non-hydrogen) atoms. The average molecular weight is 414 g/mol. The zero-order chi connectivity index (χ0) is 19.0. The quantitative estimate of drug-likeness (QED) is 0.416. The summed E-state index contributed by atoms with van der Waals surface area (Å²) < 4.78 is 1.01. The van der Waals surface area contributed by atoms with Crippen molar-refractivity contribution in [2.45, 2.75) is 0 Å². The second-order valence-electron chi connectivity index (χ2n) is 5.77. The van der Waals surface area contributed by atoms with Crippen LogP contribution in [0.25, 0.3) is 21.2 Å². The number of fused-ring (bicyclic) bond motifs is 1. The molecule has 0 fully saturated rings. The van der Waals surface area contributed by atoms with E-state index in [-0.39, 0.29) is 11.5 Å². The second-order valence-corrected chi connectivity index (χ2v) is 8.17. The van der Waals surface area contributed by atoms with Crippen molar-refractivity contribution in [3.8, 4) is 11.1 Å². The maximum Gasteiger partial charge on any atom is 0.339 e. The molecule has 4 rings (SSSR count). The topological polar surface area (TPSA) is 66.4 Å². The summed E-state index contributed by atoms with van der Waals surface area (Å²) in [5, 5.41) is 16.0. The predicted molar refractivity (Wildman–Crippen MR) is 112 cm³/mol. The van der Waals surface area contributed by atoms with E-state index in [2.05, 4.69) is 5.32 Å². The summed E-state index contributed by atoms with van der Waals surface area (Å²) in [6.07, 6.45) is 0. The fourth-order valence-electron chi connectivity index (χ4n) is 2.79. The summed E-state index contributed by atoms with van der Waals surface area (Å²) in [6.45, 7) is 0.